The Morgan fingerprint density at radius 2 is 2.14 bits per heavy atom. The molecule has 4 rings (SSSR count). The van der Waals surface area contributed by atoms with Gasteiger partial charge in [0.2, 0.25) is 11.7 Å². The molecule has 0 fully saturated rings. The van der Waals surface area contributed by atoms with Crippen LogP contribution in [0.1, 0.15) is 23.1 Å². The van der Waals surface area contributed by atoms with E-state index in [-0.39, 0.29) is 6.04 Å². The molecule has 0 aliphatic carbocycles. The highest BCUT2D eigenvalue weighted by molar-refractivity contribution is 5.42. The summed E-state index contributed by atoms with van der Waals surface area (Å²) in [4.78, 5) is 8.72. The highest BCUT2D eigenvalue weighted by Gasteiger charge is 2.25. The third kappa shape index (κ3) is 2.13. The van der Waals surface area contributed by atoms with Crippen molar-refractivity contribution in [2.24, 2.45) is 7.05 Å². The predicted octanol–water partition coefficient (Wildman–Crippen LogP) is 1.86. The van der Waals surface area contributed by atoms with E-state index in [1.807, 2.05) is 17.8 Å². The van der Waals surface area contributed by atoms with Crippen LogP contribution in [-0.4, -0.2) is 19.7 Å². The van der Waals surface area contributed by atoms with E-state index in [1.165, 1.54) is 11.1 Å². The van der Waals surface area contributed by atoms with E-state index in [0.717, 1.165) is 13.0 Å². The van der Waals surface area contributed by atoms with Crippen LogP contribution in [0.5, 0.6) is 0 Å². The number of nitrogens with zero attached hydrogens (tertiary/aromatic N) is 4. The molecule has 6 nitrogen and oxygen atoms in total. The van der Waals surface area contributed by atoms with Crippen molar-refractivity contribution in [1.29, 1.82) is 0 Å². The summed E-state index contributed by atoms with van der Waals surface area (Å²) in [5.41, 5.74) is 2.66. The summed E-state index contributed by atoms with van der Waals surface area (Å²) < 4.78 is 7.29. The third-order valence-corrected chi connectivity index (χ3v) is 3.84. The number of benzene rings is 1. The highest BCUT2D eigenvalue weighted by atomic mass is 16.5. The largest absolute Gasteiger partial charge is 0.337 e. The molecule has 0 radical (unpaired) electrons. The van der Waals surface area contributed by atoms with E-state index < -0.39 is 0 Å². The van der Waals surface area contributed by atoms with Gasteiger partial charge in [-0.05, 0) is 17.5 Å². The fraction of sp³-hybridized carbons (Fsp3) is 0.267. The number of nitrogens with one attached hydrogen (secondary N) is 1. The first-order chi connectivity index (χ1) is 10.3. The summed E-state index contributed by atoms with van der Waals surface area (Å²) >= 11 is 0. The number of aryl methyl sites for hydroxylation is 1. The Bertz CT molecular complexity index is 776. The maximum atomic E-state index is 5.42. The average Bonchev–Trinajstić information content (AvgIpc) is 3.15. The molecule has 1 N–H and O–H groups in total. The van der Waals surface area contributed by atoms with Gasteiger partial charge in [0.25, 0.3) is 0 Å². The highest BCUT2D eigenvalue weighted by Crippen LogP contribution is 2.25. The summed E-state index contributed by atoms with van der Waals surface area (Å²) in [6.07, 6.45) is 4.44. The number of rotatable bonds is 2. The van der Waals surface area contributed by atoms with Gasteiger partial charge in [0.1, 0.15) is 0 Å². The van der Waals surface area contributed by atoms with Gasteiger partial charge >= 0.3 is 0 Å². The normalized spacial score (nSPS) is 17.7. The van der Waals surface area contributed by atoms with E-state index in [4.69, 9.17) is 4.52 Å². The fourth-order valence-corrected chi connectivity index (χ4v) is 2.68. The quantitative estimate of drug-likeness (QED) is 0.776. The van der Waals surface area contributed by atoms with Gasteiger partial charge in [-0.3, -0.25) is 0 Å². The van der Waals surface area contributed by atoms with Crippen LogP contribution < -0.4 is 5.32 Å². The molecule has 106 valence electrons. The van der Waals surface area contributed by atoms with Crippen LogP contribution in [0.4, 0.5) is 0 Å². The molecular weight excluding hydrogens is 266 g/mol. The van der Waals surface area contributed by atoms with Crippen LogP contribution in [0, 0.1) is 0 Å². The van der Waals surface area contributed by atoms with E-state index in [2.05, 4.69) is 44.7 Å². The molecule has 0 saturated carbocycles. The van der Waals surface area contributed by atoms with Crippen molar-refractivity contribution < 1.29 is 4.52 Å². The molecule has 2 aromatic heterocycles. The lowest BCUT2D eigenvalue weighted by atomic mass is 9.96. The van der Waals surface area contributed by atoms with Crippen LogP contribution >= 0.6 is 0 Å². The van der Waals surface area contributed by atoms with Gasteiger partial charge in [-0.15, -0.1) is 0 Å². The average molecular weight is 281 g/mol. The predicted molar refractivity (Wildman–Crippen MR) is 76.2 cm³/mol. The number of imidazole rings is 1. The molecular formula is C15H15N5O. The molecule has 1 atom stereocenters. The van der Waals surface area contributed by atoms with E-state index in [9.17, 15) is 0 Å². The minimum atomic E-state index is 0.0569. The van der Waals surface area contributed by atoms with Crippen molar-refractivity contribution in [3.63, 3.8) is 0 Å². The lowest BCUT2D eigenvalue weighted by molar-refractivity contribution is 0.321. The first kappa shape index (κ1) is 12.3. The zero-order valence-electron chi connectivity index (χ0n) is 11.7. The first-order valence-electron chi connectivity index (χ1n) is 6.93. The molecule has 0 spiro atoms. The zero-order chi connectivity index (χ0) is 14.2. The minimum Gasteiger partial charge on any atom is -0.337 e. The molecule has 1 aliphatic rings. The summed E-state index contributed by atoms with van der Waals surface area (Å²) in [5.74, 6) is 1.85. The Balaban J connectivity index is 1.61. The maximum Gasteiger partial charge on any atom is 0.244 e. The molecule has 1 aliphatic heterocycles. The van der Waals surface area contributed by atoms with Gasteiger partial charge in [-0.1, -0.05) is 29.4 Å². The molecule has 0 saturated heterocycles. The molecule has 1 aromatic carbocycles. The van der Waals surface area contributed by atoms with Crippen molar-refractivity contribution in [1.82, 2.24) is 25.0 Å². The molecule has 21 heavy (non-hydrogen) atoms. The van der Waals surface area contributed by atoms with E-state index in [1.54, 1.807) is 6.20 Å². The van der Waals surface area contributed by atoms with Crippen molar-refractivity contribution >= 4 is 0 Å². The molecule has 3 heterocycles. The Kier molecular flexibility index (Phi) is 2.82. The van der Waals surface area contributed by atoms with Crippen LogP contribution in [0.25, 0.3) is 11.6 Å². The minimum absolute atomic E-state index is 0.0569. The van der Waals surface area contributed by atoms with Crippen molar-refractivity contribution in [3.05, 3.63) is 53.7 Å². The Morgan fingerprint density at radius 1 is 1.29 bits per heavy atom. The Morgan fingerprint density at radius 3 is 2.95 bits per heavy atom. The lowest BCUT2D eigenvalue weighted by Gasteiger charge is -2.23. The molecule has 1 unspecified atom stereocenters. The van der Waals surface area contributed by atoms with E-state index in [0.29, 0.717) is 17.5 Å². The molecule has 0 amide bonds. The van der Waals surface area contributed by atoms with Crippen LogP contribution in [0.15, 0.2) is 41.2 Å². The smallest absolute Gasteiger partial charge is 0.244 e. The summed E-state index contributed by atoms with van der Waals surface area (Å²) in [6.45, 7) is 0.820. The van der Waals surface area contributed by atoms with Crippen LogP contribution in [0.3, 0.4) is 0 Å². The van der Waals surface area contributed by atoms with Gasteiger partial charge in [0, 0.05) is 26.0 Å². The van der Waals surface area contributed by atoms with Gasteiger partial charge in [0.05, 0.1) is 6.04 Å². The standard InChI is InChI=1S/C15H15N5O/c1-20-7-6-16-14(20)13-18-15(21-19-13)12-8-10-4-2-3-5-11(10)9-17-12/h2-7,12,17H,8-9H2,1H3. The Hall–Kier alpha value is -2.47. The third-order valence-electron chi connectivity index (χ3n) is 3.84. The number of fused-ring (bicyclic) bond motifs is 1. The molecule has 0 bridgehead atoms. The Labute approximate surface area is 121 Å². The van der Waals surface area contributed by atoms with Crippen LogP contribution in [0.2, 0.25) is 0 Å². The number of aromatic nitrogens is 4. The second-order valence-corrected chi connectivity index (χ2v) is 5.22. The fourth-order valence-electron chi connectivity index (χ4n) is 2.68. The lowest BCUT2D eigenvalue weighted by Crippen LogP contribution is -2.28. The zero-order valence-corrected chi connectivity index (χ0v) is 11.7. The van der Waals surface area contributed by atoms with Crippen molar-refractivity contribution in [2.45, 2.75) is 19.0 Å². The summed E-state index contributed by atoms with van der Waals surface area (Å²) in [7, 11) is 1.91. The van der Waals surface area contributed by atoms with Gasteiger partial charge in [-0.25, -0.2) is 4.98 Å². The summed E-state index contributed by atoms with van der Waals surface area (Å²) in [5, 5.41) is 7.48. The van der Waals surface area contributed by atoms with Crippen LogP contribution in [-0.2, 0) is 20.0 Å². The van der Waals surface area contributed by atoms with E-state index >= 15 is 0 Å². The van der Waals surface area contributed by atoms with Gasteiger partial charge in [-0.2, -0.15) is 4.98 Å². The second-order valence-electron chi connectivity index (χ2n) is 5.22. The van der Waals surface area contributed by atoms with Crippen molar-refractivity contribution in [3.8, 4) is 11.6 Å². The first-order valence-corrected chi connectivity index (χ1v) is 6.93. The topological polar surface area (TPSA) is 68.8 Å². The van der Waals surface area contributed by atoms with Gasteiger partial charge < -0.3 is 14.4 Å². The SMILES string of the molecule is Cn1ccnc1-c1noc(C2Cc3ccccc3CN2)n1. The maximum absolute atomic E-state index is 5.42. The summed E-state index contributed by atoms with van der Waals surface area (Å²) in [6, 6.07) is 8.48. The molecule has 3 aromatic rings. The van der Waals surface area contributed by atoms with Crippen molar-refractivity contribution in [2.75, 3.05) is 0 Å². The van der Waals surface area contributed by atoms with Gasteiger partial charge in [0.15, 0.2) is 5.82 Å². The number of hydrogen-bond acceptors (Lipinski definition) is 5. The second kappa shape index (κ2) is 4.82. The molecule has 6 heteroatoms. The number of hydrogen-bond donors (Lipinski definition) is 1. The monoisotopic (exact) mass is 281 g/mol.